The molecule has 1 atom stereocenters. The van der Waals surface area contributed by atoms with Gasteiger partial charge in [-0.1, -0.05) is 6.07 Å². The number of nitrogens with one attached hydrogen (secondary N) is 1. The number of nitrogens with two attached hydrogens (primary N) is 1. The molecule has 1 aromatic carbocycles. The van der Waals surface area contributed by atoms with Gasteiger partial charge in [-0.25, -0.2) is 0 Å². The van der Waals surface area contributed by atoms with Gasteiger partial charge < -0.3 is 15.8 Å². The van der Waals surface area contributed by atoms with E-state index in [1.54, 1.807) is 30.6 Å². The summed E-state index contributed by atoms with van der Waals surface area (Å²) in [5.74, 6) is 0.311. The van der Waals surface area contributed by atoms with E-state index in [9.17, 15) is 4.79 Å². The van der Waals surface area contributed by atoms with Gasteiger partial charge in [0.1, 0.15) is 5.75 Å². The highest BCUT2D eigenvalue weighted by Gasteiger charge is 2.13. The molecule has 0 aliphatic rings. The van der Waals surface area contributed by atoms with Crippen LogP contribution in [0.3, 0.4) is 0 Å². The van der Waals surface area contributed by atoms with Crippen molar-refractivity contribution in [3.05, 3.63) is 53.9 Å². The molecule has 0 bridgehead atoms. The zero-order valence-electron chi connectivity index (χ0n) is 11.5. The molecule has 0 fully saturated rings. The second kappa shape index (κ2) is 6.06. The van der Waals surface area contributed by atoms with Crippen LogP contribution in [0.4, 0.5) is 5.69 Å². The Kier molecular flexibility index (Phi) is 4.20. The van der Waals surface area contributed by atoms with E-state index in [-0.39, 0.29) is 11.9 Å². The van der Waals surface area contributed by atoms with Gasteiger partial charge in [0.2, 0.25) is 0 Å². The van der Waals surface area contributed by atoms with Crippen molar-refractivity contribution in [2.45, 2.75) is 13.0 Å². The molecule has 0 saturated carbocycles. The third kappa shape index (κ3) is 3.06. The van der Waals surface area contributed by atoms with Crippen LogP contribution in [0.1, 0.15) is 28.9 Å². The van der Waals surface area contributed by atoms with Gasteiger partial charge in [-0.3, -0.25) is 9.78 Å². The van der Waals surface area contributed by atoms with E-state index in [1.807, 2.05) is 19.1 Å². The zero-order chi connectivity index (χ0) is 14.5. The molecule has 0 spiro atoms. The molecule has 1 amide bonds. The summed E-state index contributed by atoms with van der Waals surface area (Å²) >= 11 is 0. The Labute approximate surface area is 117 Å². The molecule has 1 aromatic heterocycles. The number of rotatable bonds is 4. The molecule has 0 aliphatic heterocycles. The van der Waals surface area contributed by atoms with Crippen LogP contribution in [-0.2, 0) is 0 Å². The van der Waals surface area contributed by atoms with Crippen molar-refractivity contribution in [3.8, 4) is 5.75 Å². The van der Waals surface area contributed by atoms with E-state index in [0.29, 0.717) is 17.0 Å². The summed E-state index contributed by atoms with van der Waals surface area (Å²) in [7, 11) is 1.52. The Morgan fingerprint density at radius 2 is 2.20 bits per heavy atom. The summed E-state index contributed by atoms with van der Waals surface area (Å²) in [5, 5.41) is 2.91. The van der Waals surface area contributed by atoms with Crippen molar-refractivity contribution >= 4 is 11.6 Å². The molecule has 5 nitrogen and oxygen atoms in total. The number of carbonyl (C=O) groups is 1. The fourth-order valence-electron chi connectivity index (χ4n) is 1.85. The lowest BCUT2D eigenvalue weighted by atomic mass is 10.1. The number of nitrogens with zero attached hydrogens (tertiary/aromatic N) is 1. The van der Waals surface area contributed by atoms with Crippen LogP contribution in [-0.4, -0.2) is 18.0 Å². The molecule has 3 N–H and O–H groups in total. The van der Waals surface area contributed by atoms with Crippen molar-refractivity contribution in [1.82, 2.24) is 10.3 Å². The predicted molar refractivity (Wildman–Crippen MR) is 77.5 cm³/mol. The minimum Gasteiger partial charge on any atom is -0.495 e. The highest BCUT2D eigenvalue weighted by atomic mass is 16.5. The Balaban J connectivity index is 2.12. The lowest BCUT2D eigenvalue weighted by Gasteiger charge is -2.14. The van der Waals surface area contributed by atoms with E-state index in [1.165, 1.54) is 7.11 Å². The number of aromatic nitrogens is 1. The predicted octanol–water partition coefficient (Wildman–Crippen LogP) is 2.16. The molecule has 0 saturated heterocycles. The molecule has 0 radical (unpaired) electrons. The monoisotopic (exact) mass is 271 g/mol. The fourth-order valence-corrected chi connectivity index (χ4v) is 1.85. The summed E-state index contributed by atoms with van der Waals surface area (Å²) in [5.41, 5.74) is 7.69. The van der Waals surface area contributed by atoms with Gasteiger partial charge in [0.15, 0.2) is 0 Å². The minimum atomic E-state index is -0.181. The summed E-state index contributed by atoms with van der Waals surface area (Å²) in [6.45, 7) is 1.91. The average Bonchev–Trinajstić information content (AvgIpc) is 2.48. The number of benzene rings is 1. The van der Waals surface area contributed by atoms with Crippen molar-refractivity contribution in [2.24, 2.45) is 0 Å². The first-order chi connectivity index (χ1) is 9.61. The second-order valence-corrected chi connectivity index (χ2v) is 4.44. The smallest absolute Gasteiger partial charge is 0.251 e. The Bertz CT molecular complexity index is 599. The van der Waals surface area contributed by atoms with Gasteiger partial charge in [0, 0.05) is 18.0 Å². The SMILES string of the molecule is COc1cc(C(=O)NC(C)c2cccnc2)ccc1N. The number of ether oxygens (including phenoxy) is 1. The number of carbonyl (C=O) groups excluding carboxylic acids is 1. The van der Waals surface area contributed by atoms with Gasteiger partial charge >= 0.3 is 0 Å². The zero-order valence-corrected chi connectivity index (χ0v) is 11.5. The van der Waals surface area contributed by atoms with Crippen LogP contribution < -0.4 is 15.8 Å². The van der Waals surface area contributed by atoms with Gasteiger partial charge in [-0.15, -0.1) is 0 Å². The molecule has 0 aliphatic carbocycles. The van der Waals surface area contributed by atoms with Crippen LogP contribution in [0, 0.1) is 0 Å². The minimum absolute atomic E-state index is 0.125. The first-order valence-corrected chi connectivity index (χ1v) is 6.26. The fraction of sp³-hybridized carbons (Fsp3) is 0.200. The number of anilines is 1. The molecule has 5 heteroatoms. The summed E-state index contributed by atoms with van der Waals surface area (Å²) in [6, 6.07) is 8.58. The molecular weight excluding hydrogens is 254 g/mol. The van der Waals surface area contributed by atoms with Gasteiger partial charge in [0.05, 0.1) is 18.8 Å². The number of pyridine rings is 1. The van der Waals surface area contributed by atoms with Gasteiger partial charge in [-0.2, -0.15) is 0 Å². The van der Waals surface area contributed by atoms with Crippen molar-refractivity contribution in [2.75, 3.05) is 12.8 Å². The Morgan fingerprint density at radius 3 is 2.85 bits per heavy atom. The van der Waals surface area contributed by atoms with E-state index in [0.717, 1.165) is 5.56 Å². The summed E-state index contributed by atoms with van der Waals surface area (Å²) in [4.78, 5) is 16.2. The summed E-state index contributed by atoms with van der Waals surface area (Å²) in [6.07, 6.45) is 3.43. The summed E-state index contributed by atoms with van der Waals surface area (Å²) < 4.78 is 5.11. The topological polar surface area (TPSA) is 77.2 Å². The normalized spacial score (nSPS) is 11.7. The van der Waals surface area contributed by atoms with Gasteiger partial charge in [-0.05, 0) is 36.8 Å². The number of hydrogen-bond acceptors (Lipinski definition) is 4. The molecule has 1 unspecified atom stereocenters. The number of nitrogen functional groups attached to an aromatic ring is 1. The number of methoxy groups -OCH3 is 1. The van der Waals surface area contributed by atoms with E-state index >= 15 is 0 Å². The molecule has 104 valence electrons. The standard InChI is InChI=1S/C15H17N3O2/c1-10(12-4-3-7-17-9-12)18-15(19)11-5-6-13(16)14(8-11)20-2/h3-10H,16H2,1-2H3,(H,18,19). The largest absolute Gasteiger partial charge is 0.495 e. The first kappa shape index (κ1) is 13.9. The van der Waals surface area contributed by atoms with E-state index in [4.69, 9.17) is 10.5 Å². The molecule has 2 rings (SSSR count). The van der Waals surface area contributed by atoms with Crippen LogP contribution in [0.25, 0.3) is 0 Å². The highest BCUT2D eigenvalue weighted by molar-refractivity contribution is 5.95. The van der Waals surface area contributed by atoms with Crippen LogP contribution in [0.5, 0.6) is 5.75 Å². The molecular formula is C15H17N3O2. The van der Waals surface area contributed by atoms with Crippen molar-refractivity contribution in [1.29, 1.82) is 0 Å². The molecule has 1 heterocycles. The second-order valence-electron chi connectivity index (χ2n) is 4.44. The molecule has 20 heavy (non-hydrogen) atoms. The maximum Gasteiger partial charge on any atom is 0.251 e. The maximum absolute atomic E-state index is 12.2. The van der Waals surface area contributed by atoms with Crippen LogP contribution in [0.2, 0.25) is 0 Å². The van der Waals surface area contributed by atoms with Crippen LogP contribution >= 0.6 is 0 Å². The Morgan fingerprint density at radius 1 is 1.40 bits per heavy atom. The highest BCUT2D eigenvalue weighted by Crippen LogP contribution is 2.22. The first-order valence-electron chi connectivity index (χ1n) is 6.26. The third-order valence-electron chi connectivity index (χ3n) is 3.03. The Hall–Kier alpha value is -2.56. The van der Waals surface area contributed by atoms with E-state index < -0.39 is 0 Å². The molecule has 2 aromatic rings. The van der Waals surface area contributed by atoms with Gasteiger partial charge in [0.25, 0.3) is 5.91 Å². The van der Waals surface area contributed by atoms with E-state index in [2.05, 4.69) is 10.3 Å². The lowest BCUT2D eigenvalue weighted by molar-refractivity contribution is 0.0939. The quantitative estimate of drug-likeness (QED) is 0.835. The average molecular weight is 271 g/mol. The number of amides is 1. The lowest BCUT2D eigenvalue weighted by Crippen LogP contribution is -2.26. The number of hydrogen-bond donors (Lipinski definition) is 2. The third-order valence-corrected chi connectivity index (χ3v) is 3.03. The maximum atomic E-state index is 12.2. The van der Waals surface area contributed by atoms with Crippen LogP contribution in [0.15, 0.2) is 42.7 Å². The van der Waals surface area contributed by atoms with Crippen molar-refractivity contribution < 1.29 is 9.53 Å². The van der Waals surface area contributed by atoms with Crippen molar-refractivity contribution in [3.63, 3.8) is 0 Å².